The third kappa shape index (κ3) is 9.42. The average molecular weight is 668 g/mol. The number of aromatic nitrogens is 1. The van der Waals surface area contributed by atoms with E-state index in [0.717, 1.165) is 16.2 Å². The minimum Gasteiger partial charge on any atom is -0.256 e. The normalized spacial score (nSPS) is 11.8. The summed E-state index contributed by atoms with van der Waals surface area (Å²) in [6.45, 7) is 11.1. The number of thioether (sulfide) groups is 1. The fraction of sp³-hybridized carbons (Fsp3) is 0.325. The summed E-state index contributed by atoms with van der Waals surface area (Å²) in [5.74, 6) is 0. The molecule has 0 spiro atoms. The Morgan fingerprint density at radius 2 is 1.38 bits per heavy atom. The molecule has 4 heterocycles. The van der Waals surface area contributed by atoms with Crippen molar-refractivity contribution in [1.82, 2.24) is 4.98 Å². The van der Waals surface area contributed by atoms with Crippen molar-refractivity contribution in [2.45, 2.75) is 85.0 Å². The highest BCUT2D eigenvalue weighted by Gasteiger charge is 2.13. The second-order valence-corrected chi connectivity index (χ2v) is 16.1. The predicted molar refractivity (Wildman–Crippen MR) is 207 cm³/mol. The van der Waals surface area contributed by atoms with E-state index in [1.165, 1.54) is 110 Å². The van der Waals surface area contributed by atoms with Gasteiger partial charge < -0.3 is 0 Å². The van der Waals surface area contributed by atoms with Crippen LogP contribution in [0.3, 0.4) is 0 Å². The van der Waals surface area contributed by atoms with E-state index in [0.29, 0.717) is 0 Å². The molecule has 1 nitrogen and oxygen atoms in total. The minimum atomic E-state index is 0.994. The summed E-state index contributed by atoms with van der Waals surface area (Å²) in [6.07, 6.45) is 17.0. The third-order valence-electron chi connectivity index (χ3n) is 7.98. The molecular formula is C40H45NS4. The topological polar surface area (TPSA) is 12.9 Å². The van der Waals surface area contributed by atoms with Crippen LogP contribution in [0.5, 0.6) is 0 Å². The first-order valence-corrected chi connectivity index (χ1v) is 19.7. The summed E-state index contributed by atoms with van der Waals surface area (Å²) in [7, 11) is 0. The van der Waals surface area contributed by atoms with Gasteiger partial charge in [0, 0.05) is 50.8 Å². The minimum absolute atomic E-state index is 0.994. The Labute approximate surface area is 287 Å². The molecule has 1 aromatic carbocycles. The van der Waals surface area contributed by atoms with Gasteiger partial charge in [-0.05, 0) is 98.3 Å². The quantitative estimate of drug-likeness (QED) is 0.0915. The number of hydrogen-bond donors (Lipinski definition) is 0. The van der Waals surface area contributed by atoms with Crippen molar-refractivity contribution >= 4 is 55.6 Å². The zero-order chi connectivity index (χ0) is 31.4. The van der Waals surface area contributed by atoms with Crippen LogP contribution in [0.4, 0.5) is 0 Å². The molecule has 0 N–H and O–H groups in total. The van der Waals surface area contributed by atoms with Gasteiger partial charge >= 0.3 is 0 Å². The Balaban J connectivity index is 1.25. The predicted octanol–water partition coefficient (Wildman–Crippen LogP) is 14.3. The summed E-state index contributed by atoms with van der Waals surface area (Å²) in [5, 5.41) is 0. The van der Waals surface area contributed by atoms with Gasteiger partial charge in [-0.3, -0.25) is 4.98 Å². The summed E-state index contributed by atoms with van der Waals surface area (Å²) in [6, 6.07) is 26.9. The van der Waals surface area contributed by atoms with Crippen LogP contribution in [0.25, 0.3) is 41.3 Å². The highest BCUT2D eigenvalue weighted by atomic mass is 32.2. The number of nitrogens with zero attached hydrogens (tertiary/aromatic N) is 1. The van der Waals surface area contributed by atoms with Crippen molar-refractivity contribution in [2.24, 2.45) is 0 Å². The molecule has 45 heavy (non-hydrogen) atoms. The van der Waals surface area contributed by atoms with Crippen molar-refractivity contribution in [3.63, 3.8) is 0 Å². The van der Waals surface area contributed by atoms with E-state index in [1.54, 1.807) is 11.8 Å². The lowest BCUT2D eigenvalue weighted by Crippen LogP contribution is -1.88. The lowest BCUT2D eigenvalue weighted by molar-refractivity contribution is 0.670. The molecule has 0 saturated heterocycles. The van der Waals surface area contributed by atoms with Gasteiger partial charge in [0.1, 0.15) is 0 Å². The first-order valence-electron chi connectivity index (χ1n) is 16.5. The van der Waals surface area contributed by atoms with Gasteiger partial charge in [-0.2, -0.15) is 0 Å². The molecule has 0 atom stereocenters. The van der Waals surface area contributed by atoms with Gasteiger partial charge in [0.15, 0.2) is 0 Å². The van der Waals surface area contributed by atoms with Crippen molar-refractivity contribution in [3.05, 3.63) is 112 Å². The molecule has 5 rings (SSSR count). The van der Waals surface area contributed by atoms with E-state index < -0.39 is 0 Å². The molecule has 5 heteroatoms. The van der Waals surface area contributed by atoms with Crippen LogP contribution in [0.2, 0.25) is 0 Å². The number of pyridine rings is 1. The lowest BCUT2D eigenvalue weighted by Gasteiger charge is -2.10. The van der Waals surface area contributed by atoms with Crippen molar-refractivity contribution in [3.8, 4) is 31.5 Å². The van der Waals surface area contributed by atoms with Crippen LogP contribution in [0.1, 0.15) is 92.3 Å². The molecule has 0 aliphatic rings. The van der Waals surface area contributed by atoms with E-state index in [4.69, 9.17) is 4.98 Å². The van der Waals surface area contributed by atoms with E-state index in [1.807, 2.05) is 40.2 Å². The van der Waals surface area contributed by atoms with Gasteiger partial charge in [0.2, 0.25) is 0 Å². The first kappa shape index (κ1) is 33.7. The lowest BCUT2D eigenvalue weighted by atomic mass is 10.0. The van der Waals surface area contributed by atoms with E-state index in [2.05, 4.69) is 106 Å². The summed E-state index contributed by atoms with van der Waals surface area (Å²) < 4.78 is 0. The number of thiophene rings is 3. The van der Waals surface area contributed by atoms with Crippen LogP contribution in [-0.2, 0) is 12.8 Å². The van der Waals surface area contributed by atoms with Crippen LogP contribution in [0.15, 0.2) is 91.6 Å². The highest BCUT2D eigenvalue weighted by Crippen LogP contribution is 2.42. The highest BCUT2D eigenvalue weighted by molar-refractivity contribution is 8.16. The number of unbranched alkanes of at least 4 members (excludes halogenated alkanes) is 6. The van der Waals surface area contributed by atoms with Gasteiger partial charge in [-0.15, -0.1) is 34.0 Å². The average Bonchev–Trinajstić information content (AvgIpc) is 3.86. The molecule has 0 fully saturated rings. The van der Waals surface area contributed by atoms with Gasteiger partial charge in [0.05, 0.1) is 5.69 Å². The van der Waals surface area contributed by atoms with Crippen molar-refractivity contribution in [2.75, 3.05) is 0 Å². The molecule has 0 radical (unpaired) electrons. The van der Waals surface area contributed by atoms with Crippen LogP contribution >= 0.6 is 45.8 Å². The Hall–Kier alpha value is -2.70. The van der Waals surface area contributed by atoms with Gasteiger partial charge in [0.25, 0.3) is 0 Å². The standard InChI is InChI=1S/C40H45NS4/c1-5-8-10-12-17-33-19-21-37(43-33)29(4)42-36(7-3)32-25-26-41-35(28-32)30-15-14-16-31(27-30)38-23-24-40(45-38)39-22-20-34(44-39)18-13-11-9-6-2/h7,14-16,19-28H,4-6,8-13,17-18H2,1-3H3/b36-7-. The van der Waals surface area contributed by atoms with E-state index >= 15 is 0 Å². The van der Waals surface area contributed by atoms with E-state index in [-0.39, 0.29) is 0 Å². The molecule has 0 aliphatic carbocycles. The van der Waals surface area contributed by atoms with Crippen molar-refractivity contribution in [1.29, 1.82) is 0 Å². The molecular weight excluding hydrogens is 623 g/mol. The Bertz CT molecular complexity index is 1700. The summed E-state index contributed by atoms with van der Waals surface area (Å²) in [4.78, 5) is 15.4. The van der Waals surface area contributed by atoms with Crippen LogP contribution in [-0.4, -0.2) is 4.98 Å². The third-order valence-corrected chi connectivity index (χ3v) is 12.9. The zero-order valence-electron chi connectivity index (χ0n) is 26.9. The Morgan fingerprint density at radius 3 is 2.13 bits per heavy atom. The molecule has 5 aromatic rings. The molecule has 234 valence electrons. The smallest absolute Gasteiger partial charge is 0.0708 e. The molecule has 0 bridgehead atoms. The number of aryl methyl sites for hydroxylation is 2. The number of allylic oxidation sites excluding steroid dienone is 1. The zero-order valence-corrected chi connectivity index (χ0v) is 30.2. The fourth-order valence-corrected chi connectivity index (χ4v) is 9.53. The molecule has 0 amide bonds. The van der Waals surface area contributed by atoms with Crippen LogP contribution in [0, 0.1) is 0 Å². The Morgan fingerprint density at radius 1 is 0.711 bits per heavy atom. The number of rotatable bonds is 17. The SMILES string of the molecule is C=C(S/C(=C\C)c1ccnc(-c2cccc(-c3ccc(-c4ccc(CCCCCC)s4)s3)c2)c1)c1ccc(CCCCCC)s1. The first-order chi connectivity index (χ1) is 22.1. The van der Waals surface area contributed by atoms with Gasteiger partial charge in [-0.1, -0.05) is 95.0 Å². The largest absolute Gasteiger partial charge is 0.256 e. The fourth-order valence-electron chi connectivity index (χ4n) is 5.43. The molecule has 0 unspecified atom stereocenters. The number of benzene rings is 1. The molecule has 4 aromatic heterocycles. The maximum Gasteiger partial charge on any atom is 0.0708 e. The second-order valence-electron chi connectivity index (χ2n) is 11.5. The molecule has 0 saturated carbocycles. The van der Waals surface area contributed by atoms with Crippen molar-refractivity contribution < 1.29 is 0 Å². The monoisotopic (exact) mass is 667 g/mol. The summed E-state index contributed by atoms with van der Waals surface area (Å²) >= 11 is 7.49. The maximum atomic E-state index is 4.78. The summed E-state index contributed by atoms with van der Waals surface area (Å²) in [5.41, 5.74) is 4.55. The molecule has 0 aliphatic heterocycles. The maximum absolute atomic E-state index is 4.78. The van der Waals surface area contributed by atoms with Gasteiger partial charge in [-0.25, -0.2) is 0 Å². The van der Waals surface area contributed by atoms with Crippen LogP contribution < -0.4 is 0 Å². The second kappa shape index (κ2) is 17.3. The number of hydrogen-bond acceptors (Lipinski definition) is 5. The Kier molecular flexibility index (Phi) is 12.9. The van der Waals surface area contributed by atoms with E-state index in [9.17, 15) is 0 Å².